The molecule has 1 rings (SSSR count). The molecule has 5 nitrogen and oxygen atoms in total. The lowest BCUT2D eigenvalue weighted by molar-refractivity contribution is -0.118. The number of hydrogen-bond acceptors (Lipinski definition) is 3. The van der Waals surface area contributed by atoms with Crippen LogP contribution in [0, 0.1) is 11.6 Å². The summed E-state index contributed by atoms with van der Waals surface area (Å²) in [5.74, 6) is -2.90. The molecule has 1 amide bonds. The molecule has 0 fully saturated rings. The number of nitrogens with two attached hydrogens (primary N) is 1. The first-order valence-corrected chi connectivity index (χ1v) is 6.54. The molecule has 100 valence electrons. The summed E-state index contributed by atoms with van der Waals surface area (Å²) in [6.45, 7) is -0.00965. The first-order chi connectivity index (χ1) is 8.33. The lowest BCUT2D eigenvalue weighted by atomic mass is 10.3. The van der Waals surface area contributed by atoms with Crippen LogP contribution in [0.3, 0.4) is 0 Å². The molecule has 0 aliphatic heterocycles. The van der Waals surface area contributed by atoms with Gasteiger partial charge in [-0.1, -0.05) is 0 Å². The van der Waals surface area contributed by atoms with E-state index in [0.717, 1.165) is 12.1 Å². The van der Waals surface area contributed by atoms with Gasteiger partial charge in [-0.15, -0.1) is 0 Å². The molecule has 0 saturated heterocycles. The van der Waals surface area contributed by atoms with E-state index < -0.39 is 27.6 Å². The van der Waals surface area contributed by atoms with E-state index in [0.29, 0.717) is 6.07 Å². The Bertz CT molecular complexity index is 546. The van der Waals surface area contributed by atoms with E-state index in [9.17, 15) is 22.0 Å². The van der Waals surface area contributed by atoms with Crippen LogP contribution >= 0.6 is 0 Å². The zero-order chi connectivity index (χ0) is 13.8. The highest BCUT2D eigenvalue weighted by Crippen LogP contribution is 2.13. The molecule has 0 aliphatic rings. The quantitative estimate of drug-likeness (QED) is 0.743. The van der Waals surface area contributed by atoms with Crippen molar-refractivity contribution in [3.63, 3.8) is 0 Å². The van der Waals surface area contributed by atoms with Crippen LogP contribution in [-0.2, 0) is 14.8 Å². The number of sulfonamides is 1. The maximum Gasteiger partial charge on any atom is 0.240 e. The summed E-state index contributed by atoms with van der Waals surface area (Å²) in [6, 6.07) is 2.27. The molecular formula is C10H12F2N2O3S. The summed E-state index contributed by atoms with van der Waals surface area (Å²) < 4.78 is 50.9. The number of amides is 1. The zero-order valence-corrected chi connectivity index (χ0v) is 10.1. The molecule has 0 unspecified atom stereocenters. The number of hydrogen-bond donors (Lipinski definition) is 2. The molecule has 1 aromatic rings. The van der Waals surface area contributed by atoms with Gasteiger partial charge in [0.05, 0.1) is 4.90 Å². The Hall–Kier alpha value is -1.54. The van der Waals surface area contributed by atoms with Crippen LogP contribution < -0.4 is 10.5 Å². The summed E-state index contributed by atoms with van der Waals surface area (Å²) in [4.78, 5) is 10.1. The van der Waals surface area contributed by atoms with Crippen LogP contribution in [-0.4, -0.2) is 20.9 Å². The second kappa shape index (κ2) is 5.87. The number of primary amides is 1. The normalized spacial score (nSPS) is 11.4. The Morgan fingerprint density at radius 2 is 1.94 bits per heavy atom. The largest absolute Gasteiger partial charge is 0.370 e. The highest BCUT2D eigenvalue weighted by Gasteiger charge is 2.15. The van der Waals surface area contributed by atoms with Crippen LogP contribution in [0.2, 0.25) is 0 Å². The van der Waals surface area contributed by atoms with E-state index in [1.54, 1.807) is 0 Å². The summed E-state index contributed by atoms with van der Waals surface area (Å²) in [5, 5.41) is 0. The lowest BCUT2D eigenvalue weighted by Gasteiger charge is -2.06. The lowest BCUT2D eigenvalue weighted by Crippen LogP contribution is -2.26. The molecule has 0 aliphatic carbocycles. The third kappa shape index (κ3) is 4.04. The van der Waals surface area contributed by atoms with Crippen molar-refractivity contribution in [2.24, 2.45) is 5.73 Å². The average Bonchev–Trinajstić information content (AvgIpc) is 2.28. The Balaban J connectivity index is 2.68. The van der Waals surface area contributed by atoms with Crippen molar-refractivity contribution in [1.82, 2.24) is 4.72 Å². The Morgan fingerprint density at radius 3 is 2.50 bits per heavy atom. The van der Waals surface area contributed by atoms with Gasteiger partial charge in [0.2, 0.25) is 15.9 Å². The SMILES string of the molecule is NC(=O)CCCNS(=O)(=O)c1ccc(F)c(F)c1. The van der Waals surface area contributed by atoms with Gasteiger partial charge < -0.3 is 5.73 Å². The summed E-state index contributed by atoms with van der Waals surface area (Å²) >= 11 is 0. The van der Waals surface area contributed by atoms with Crippen molar-refractivity contribution in [2.75, 3.05) is 6.54 Å². The van der Waals surface area contributed by atoms with E-state index in [-0.39, 0.29) is 24.3 Å². The molecule has 0 saturated carbocycles. The Morgan fingerprint density at radius 1 is 1.28 bits per heavy atom. The summed E-state index contributed by atoms with van der Waals surface area (Å²) in [5.41, 5.74) is 4.88. The Labute approximate surface area is 103 Å². The average molecular weight is 278 g/mol. The third-order valence-electron chi connectivity index (χ3n) is 2.09. The topological polar surface area (TPSA) is 89.3 Å². The molecule has 0 spiro atoms. The molecule has 0 bridgehead atoms. The Kier molecular flexibility index (Phi) is 4.74. The van der Waals surface area contributed by atoms with Gasteiger partial charge in [0.25, 0.3) is 0 Å². The molecule has 0 radical (unpaired) electrons. The van der Waals surface area contributed by atoms with Crippen LogP contribution in [0.25, 0.3) is 0 Å². The fourth-order valence-electron chi connectivity index (χ4n) is 1.20. The molecular weight excluding hydrogens is 266 g/mol. The van der Waals surface area contributed by atoms with E-state index >= 15 is 0 Å². The summed E-state index contributed by atoms with van der Waals surface area (Å²) in [6.07, 6.45) is 0.276. The molecule has 18 heavy (non-hydrogen) atoms. The van der Waals surface area contributed by atoms with Crippen molar-refractivity contribution < 1.29 is 22.0 Å². The molecule has 3 N–H and O–H groups in total. The number of nitrogens with one attached hydrogen (secondary N) is 1. The number of rotatable bonds is 6. The van der Waals surface area contributed by atoms with Crippen LogP contribution in [0.1, 0.15) is 12.8 Å². The number of carbonyl (C=O) groups is 1. The van der Waals surface area contributed by atoms with E-state index in [2.05, 4.69) is 4.72 Å². The van der Waals surface area contributed by atoms with Gasteiger partial charge in [0, 0.05) is 13.0 Å². The monoisotopic (exact) mass is 278 g/mol. The van der Waals surface area contributed by atoms with Gasteiger partial charge in [0.1, 0.15) is 0 Å². The van der Waals surface area contributed by atoms with Crippen molar-refractivity contribution in [3.05, 3.63) is 29.8 Å². The minimum Gasteiger partial charge on any atom is -0.370 e. The minimum atomic E-state index is -3.91. The molecule has 0 aromatic heterocycles. The smallest absolute Gasteiger partial charge is 0.240 e. The van der Waals surface area contributed by atoms with Crippen molar-refractivity contribution >= 4 is 15.9 Å². The molecule has 1 aromatic carbocycles. The molecule has 0 atom stereocenters. The van der Waals surface area contributed by atoms with Crippen LogP contribution in [0.5, 0.6) is 0 Å². The van der Waals surface area contributed by atoms with Crippen LogP contribution in [0.4, 0.5) is 8.78 Å². The van der Waals surface area contributed by atoms with E-state index in [1.807, 2.05) is 0 Å². The minimum absolute atomic E-state index is 0.00965. The molecule has 0 heterocycles. The number of carbonyl (C=O) groups excluding carboxylic acids is 1. The molecule has 8 heteroatoms. The highest BCUT2D eigenvalue weighted by molar-refractivity contribution is 7.89. The van der Waals surface area contributed by atoms with Crippen molar-refractivity contribution in [1.29, 1.82) is 0 Å². The van der Waals surface area contributed by atoms with Gasteiger partial charge >= 0.3 is 0 Å². The zero-order valence-electron chi connectivity index (χ0n) is 9.32. The second-order valence-electron chi connectivity index (χ2n) is 3.54. The predicted molar refractivity (Wildman–Crippen MR) is 60.0 cm³/mol. The highest BCUT2D eigenvalue weighted by atomic mass is 32.2. The van der Waals surface area contributed by atoms with Gasteiger partial charge in [0.15, 0.2) is 11.6 Å². The number of benzene rings is 1. The standard InChI is InChI=1S/C10H12F2N2O3S/c11-8-4-3-7(6-9(8)12)18(16,17)14-5-1-2-10(13)15/h3-4,6,14H,1-2,5H2,(H2,13,15). The maximum atomic E-state index is 12.9. The first-order valence-electron chi connectivity index (χ1n) is 5.06. The van der Waals surface area contributed by atoms with Crippen LogP contribution in [0.15, 0.2) is 23.1 Å². The van der Waals surface area contributed by atoms with E-state index in [4.69, 9.17) is 5.73 Å². The predicted octanol–water partition coefficient (Wildman–Crippen LogP) is 0.509. The maximum absolute atomic E-state index is 12.9. The van der Waals surface area contributed by atoms with Gasteiger partial charge in [-0.05, 0) is 24.6 Å². The summed E-state index contributed by atoms with van der Waals surface area (Å²) in [7, 11) is -3.91. The number of halogens is 2. The second-order valence-corrected chi connectivity index (χ2v) is 5.31. The third-order valence-corrected chi connectivity index (χ3v) is 3.55. The van der Waals surface area contributed by atoms with Crippen molar-refractivity contribution in [2.45, 2.75) is 17.7 Å². The van der Waals surface area contributed by atoms with Gasteiger partial charge in [-0.3, -0.25) is 4.79 Å². The van der Waals surface area contributed by atoms with Gasteiger partial charge in [-0.25, -0.2) is 21.9 Å². The fraction of sp³-hybridized carbons (Fsp3) is 0.300. The van der Waals surface area contributed by atoms with Gasteiger partial charge in [-0.2, -0.15) is 0 Å². The van der Waals surface area contributed by atoms with Crippen molar-refractivity contribution in [3.8, 4) is 0 Å². The first kappa shape index (κ1) is 14.5. The van der Waals surface area contributed by atoms with E-state index in [1.165, 1.54) is 0 Å². The fourth-order valence-corrected chi connectivity index (χ4v) is 2.28.